The van der Waals surface area contributed by atoms with Gasteiger partial charge in [-0.25, -0.2) is 12.7 Å². The number of aryl methyl sites for hydroxylation is 1. The van der Waals surface area contributed by atoms with Crippen LogP contribution in [-0.2, 0) is 20.2 Å². The third-order valence-electron chi connectivity index (χ3n) is 5.00. The van der Waals surface area contributed by atoms with Crippen LogP contribution in [0.15, 0.2) is 59.5 Å². The number of carbonyl (C=O) groups is 1. The van der Waals surface area contributed by atoms with Gasteiger partial charge >= 0.3 is 0 Å². The molecule has 1 amide bonds. The molecule has 23 heavy (non-hydrogen) atoms. The Morgan fingerprint density at radius 3 is 2.35 bits per heavy atom. The van der Waals surface area contributed by atoms with E-state index < -0.39 is 15.4 Å². The summed E-state index contributed by atoms with van der Waals surface area (Å²) in [5.74, 6) is -0.188. The summed E-state index contributed by atoms with van der Waals surface area (Å²) in [6.07, 6.45) is 0.746. The lowest BCUT2D eigenvalue weighted by molar-refractivity contribution is -0.126. The Hall–Kier alpha value is -2.14. The maximum atomic E-state index is 12.9. The van der Waals surface area contributed by atoms with E-state index in [1.165, 1.54) is 0 Å². The van der Waals surface area contributed by atoms with Gasteiger partial charge in [-0.2, -0.15) is 0 Å². The highest BCUT2D eigenvalue weighted by Crippen LogP contribution is 2.60. The number of sulfonamides is 1. The van der Waals surface area contributed by atoms with Gasteiger partial charge in [-0.05, 0) is 37.0 Å². The SMILES string of the molecule is Cc1ccc(S(=O)(=O)N2CC3CC3(c3ccccc3)C2=O)cc1. The molecule has 0 aromatic heterocycles. The van der Waals surface area contributed by atoms with Crippen molar-refractivity contribution in [2.24, 2.45) is 5.92 Å². The normalized spacial score (nSPS) is 26.2. The lowest BCUT2D eigenvalue weighted by Gasteiger charge is -2.21. The molecular formula is C18H17NO3S. The van der Waals surface area contributed by atoms with Crippen molar-refractivity contribution in [1.29, 1.82) is 0 Å². The van der Waals surface area contributed by atoms with Crippen LogP contribution in [0.5, 0.6) is 0 Å². The molecule has 1 heterocycles. The van der Waals surface area contributed by atoms with E-state index in [-0.39, 0.29) is 23.3 Å². The standard InChI is InChI=1S/C18H17NO3S/c1-13-7-9-16(10-8-13)23(21,22)19-12-15-11-18(15,17(19)20)14-5-3-2-4-6-14/h2-10,15H,11-12H2,1H3. The molecule has 1 aliphatic carbocycles. The Morgan fingerprint density at radius 2 is 1.70 bits per heavy atom. The van der Waals surface area contributed by atoms with Gasteiger partial charge in [-0.3, -0.25) is 4.79 Å². The van der Waals surface area contributed by atoms with Crippen LogP contribution in [0.4, 0.5) is 0 Å². The second-order valence-corrected chi connectivity index (χ2v) is 8.26. The summed E-state index contributed by atoms with van der Waals surface area (Å²) < 4.78 is 26.7. The average molecular weight is 327 g/mol. The monoisotopic (exact) mass is 327 g/mol. The molecule has 2 aliphatic rings. The Bertz CT molecular complexity index is 874. The van der Waals surface area contributed by atoms with Crippen molar-refractivity contribution in [2.45, 2.75) is 23.7 Å². The fourth-order valence-electron chi connectivity index (χ4n) is 3.57. The van der Waals surface area contributed by atoms with Crippen molar-refractivity contribution in [3.05, 3.63) is 65.7 Å². The fraction of sp³-hybridized carbons (Fsp3) is 0.278. The smallest absolute Gasteiger partial charge is 0.266 e. The highest BCUT2D eigenvalue weighted by atomic mass is 32.2. The fourth-order valence-corrected chi connectivity index (χ4v) is 5.07. The molecule has 2 aromatic rings. The van der Waals surface area contributed by atoms with Crippen molar-refractivity contribution < 1.29 is 13.2 Å². The van der Waals surface area contributed by atoms with E-state index in [2.05, 4.69) is 0 Å². The molecule has 0 bridgehead atoms. The molecule has 0 N–H and O–H groups in total. The topological polar surface area (TPSA) is 54.5 Å². The molecule has 1 saturated heterocycles. The van der Waals surface area contributed by atoms with Crippen LogP contribution in [0.1, 0.15) is 17.5 Å². The quantitative estimate of drug-likeness (QED) is 0.870. The van der Waals surface area contributed by atoms with E-state index in [0.29, 0.717) is 0 Å². The van der Waals surface area contributed by atoms with Crippen LogP contribution in [-0.4, -0.2) is 25.2 Å². The van der Waals surface area contributed by atoms with Gasteiger partial charge in [-0.1, -0.05) is 48.0 Å². The molecule has 5 heteroatoms. The second-order valence-electron chi connectivity index (χ2n) is 6.39. The lowest BCUT2D eigenvalue weighted by Crippen LogP contribution is -2.38. The molecule has 2 aromatic carbocycles. The summed E-state index contributed by atoms with van der Waals surface area (Å²) in [6.45, 7) is 2.18. The molecule has 118 valence electrons. The average Bonchev–Trinajstić information content (AvgIpc) is 3.21. The van der Waals surface area contributed by atoms with Crippen LogP contribution in [0, 0.1) is 12.8 Å². The Balaban J connectivity index is 1.71. The van der Waals surface area contributed by atoms with Gasteiger partial charge in [0.1, 0.15) is 0 Å². The molecule has 1 aliphatic heterocycles. The molecule has 0 spiro atoms. The van der Waals surface area contributed by atoms with Crippen LogP contribution < -0.4 is 0 Å². The highest BCUT2D eigenvalue weighted by Gasteiger charge is 2.69. The summed E-state index contributed by atoms with van der Waals surface area (Å²) in [5, 5.41) is 0. The van der Waals surface area contributed by atoms with Crippen LogP contribution in [0.2, 0.25) is 0 Å². The van der Waals surface area contributed by atoms with Crippen molar-refractivity contribution >= 4 is 15.9 Å². The first-order valence-corrected chi connectivity index (χ1v) is 9.09. The van der Waals surface area contributed by atoms with E-state index in [0.717, 1.165) is 21.9 Å². The maximum Gasteiger partial charge on any atom is 0.266 e. The number of rotatable bonds is 3. The molecule has 4 nitrogen and oxygen atoms in total. The van der Waals surface area contributed by atoms with Crippen LogP contribution in [0.3, 0.4) is 0 Å². The minimum Gasteiger partial charge on any atom is -0.273 e. The number of hydrogen-bond acceptors (Lipinski definition) is 3. The largest absolute Gasteiger partial charge is 0.273 e. The zero-order valence-corrected chi connectivity index (χ0v) is 13.6. The first-order chi connectivity index (χ1) is 11.0. The first-order valence-electron chi connectivity index (χ1n) is 7.65. The van der Waals surface area contributed by atoms with Gasteiger partial charge in [0.25, 0.3) is 10.0 Å². The van der Waals surface area contributed by atoms with Gasteiger partial charge in [0.2, 0.25) is 5.91 Å². The number of hydrogen-bond donors (Lipinski definition) is 0. The Morgan fingerprint density at radius 1 is 1.04 bits per heavy atom. The van der Waals surface area contributed by atoms with Crippen molar-refractivity contribution in [2.75, 3.05) is 6.54 Å². The highest BCUT2D eigenvalue weighted by molar-refractivity contribution is 7.89. The number of amides is 1. The van der Waals surface area contributed by atoms with E-state index in [4.69, 9.17) is 0 Å². The third kappa shape index (κ3) is 1.96. The van der Waals surface area contributed by atoms with Crippen molar-refractivity contribution in [3.8, 4) is 0 Å². The molecule has 1 saturated carbocycles. The number of piperidine rings is 1. The van der Waals surface area contributed by atoms with Crippen molar-refractivity contribution in [3.63, 3.8) is 0 Å². The Labute approximate surface area is 135 Å². The molecule has 4 rings (SSSR count). The van der Waals surface area contributed by atoms with Gasteiger partial charge in [0.15, 0.2) is 0 Å². The lowest BCUT2D eigenvalue weighted by atomic mass is 9.94. The second kappa shape index (κ2) is 4.68. The molecule has 0 radical (unpaired) electrons. The predicted octanol–water partition coefficient (Wildman–Crippen LogP) is 2.48. The summed E-state index contributed by atoms with van der Waals surface area (Å²) >= 11 is 0. The number of benzene rings is 2. The predicted molar refractivity (Wildman–Crippen MR) is 86.3 cm³/mol. The van der Waals surface area contributed by atoms with E-state index in [9.17, 15) is 13.2 Å². The van der Waals surface area contributed by atoms with E-state index in [1.807, 2.05) is 37.3 Å². The van der Waals surface area contributed by atoms with Gasteiger partial charge in [0, 0.05) is 6.54 Å². The number of carbonyl (C=O) groups excluding carboxylic acids is 1. The van der Waals surface area contributed by atoms with Gasteiger partial charge in [0.05, 0.1) is 10.3 Å². The summed E-state index contributed by atoms with van der Waals surface area (Å²) in [5.41, 5.74) is 1.29. The van der Waals surface area contributed by atoms with Crippen molar-refractivity contribution in [1.82, 2.24) is 4.31 Å². The minimum absolute atomic E-state index is 0.0950. The van der Waals surface area contributed by atoms with E-state index >= 15 is 0 Å². The molecule has 2 fully saturated rings. The number of fused-ring (bicyclic) bond motifs is 1. The van der Waals surface area contributed by atoms with Crippen LogP contribution in [0.25, 0.3) is 0 Å². The van der Waals surface area contributed by atoms with Gasteiger partial charge in [-0.15, -0.1) is 0 Å². The summed E-state index contributed by atoms with van der Waals surface area (Å²) in [7, 11) is -3.77. The zero-order chi connectivity index (χ0) is 16.2. The maximum absolute atomic E-state index is 12.9. The zero-order valence-electron chi connectivity index (χ0n) is 12.8. The first kappa shape index (κ1) is 14.5. The van der Waals surface area contributed by atoms with Crippen LogP contribution >= 0.6 is 0 Å². The number of nitrogens with zero attached hydrogens (tertiary/aromatic N) is 1. The molecule has 2 unspecified atom stereocenters. The third-order valence-corrected chi connectivity index (χ3v) is 6.76. The summed E-state index contributed by atoms with van der Waals surface area (Å²) in [6, 6.07) is 16.2. The van der Waals surface area contributed by atoms with E-state index in [1.54, 1.807) is 24.3 Å². The van der Waals surface area contributed by atoms with Gasteiger partial charge < -0.3 is 0 Å². The minimum atomic E-state index is -3.77. The molecular weight excluding hydrogens is 310 g/mol. The summed E-state index contributed by atoms with van der Waals surface area (Å²) in [4.78, 5) is 13.1. The molecule has 2 atom stereocenters. The Kier molecular flexibility index (Phi) is 2.94.